The molecule has 8 aromatic rings. The molecule has 1 saturated heterocycles. The van der Waals surface area contributed by atoms with Gasteiger partial charge in [0.1, 0.15) is 40.7 Å². The summed E-state index contributed by atoms with van der Waals surface area (Å²) in [4.78, 5) is 71.8. The van der Waals surface area contributed by atoms with Gasteiger partial charge in [-0.3, -0.25) is 14.5 Å². The van der Waals surface area contributed by atoms with Crippen molar-refractivity contribution in [2.75, 3.05) is 78.3 Å². The molecule has 95 heavy (non-hydrogen) atoms. The third kappa shape index (κ3) is 16.1. The van der Waals surface area contributed by atoms with Crippen molar-refractivity contribution in [2.45, 2.75) is 35.4 Å². The van der Waals surface area contributed by atoms with E-state index < -0.39 is 82.4 Å². The van der Waals surface area contributed by atoms with Gasteiger partial charge in [0.15, 0.2) is 42.0 Å². The third-order valence-electron chi connectivity index (χ3n) is 15.2. The second-order valence-corrected chi connectivity index (χ2v) is 24.2. The van der Waals surface area contributed by atoms with E-state index in [2.05, 4.69) is 15.6 Å². The number of carbonyl (C=O) groups excluding carboxylic acids is 4. The first-order chi connectivity index (χ1) is 46.3. The van der Waals surface area contributed by atoms with Gasteiger partial charge in [-0.2, -0.15) is 5.11 Å². The molecular weight excluding hydrogens is 1320 g/mol. The molecule has 10 rings (SSSR count). The standard InChI is InChI=1S/C71H65Cl3N5O14S2/c1-85-36-38-88-44-91-62-55(73)40-54(57(74)63(62)92-45-89-39-37-86-2)71(84,68(83)93-61(47-20-9-4-10-21-47)48-22-11-5-12-23-48)77-58(56-43-95-69(75-56)78-70(50-25-13-6-14-26-50,51-27-15-7-16-28-51)52-29-17-8-18-30-52)64(80)76-59-65(81)79-60(49(24-19-35-72)42-94-66(59)79)67(82)90-41-46-31-33-53(87-3)34-32-46/h4-34,40,43,59,61,66H,35-39,41-42,44-45H2,1-3H3,(H,75,78)(H,76,80)/b24-19-,77-58?/t59-,66?,71?/m0/s1. The molecular formula is C71H65Cl3N5O14S2. The summed E-state index contributed by atoms with van der Waals surface area (Å²) in [7, 11) is 4.53. The lowest BCUT2D eigenvalue weighted by atomic mass is 9.77. The van der Waals surface area contributed by atoms with Crippen molar-refractivity contribution in [3.8, 4) is 17.2 Å². The summed E-state index contributed by atoms with van der Waals surface area (Å²) in [6.45, 7) is -0.481. The molecule has 1 aromatic heterocycles. The highest BCUT2D eigenvalue weighted by Crippen LogP contribution is 2.49. The molecule has 2 unspecified atom stereocenters. The molecule has 24 heteroatoms. The Labute approximate surface area is 572 Å². The van der Waals surface area contributed by atoms with Crippen molar-refractivity contribution >= 4 is 92.5 Å². The fourth-order valence-corrected chi connectivity index (χ4v) is 13.3. The average Bonchev–Trinajstić information content (AvgIpc) is 1.06. The van der Waals surface area contributed by atoms with Crippen LogP contribution in [0, 0.1) is 0 Å². The number of halogens is 3. The number of aliphatic imine (C=N–C) groups is 1. The SMILES string of the molecule is COCCOCOc1c(Cl)cc(C([O])(N=C(C(=O)N[C@H]2C(=O)N3C(C(=O)OCc4ccc(OC)cc4)=C(/C=C\CCl)CSC23)c2csc(NC(c3ccccc3)(c3ccccc3)c3ccccc3)n2)C(=O)OC(c2ccccc2)c2ccccc2)c(Cl)c1OCOCCOC. The van der Waals surface area contributed by atoms with Crippen LogP contribution in [0.2, 0.25) is 10.0 Å². The molecule has 1 radical (unpaired) electrons. The number of hydrogen-bond donors (Lipinski definition) is 2. The lowest BCUT2D eigenvalue weighted by Gasteiger charge is -2.49. The van der Waals surface area contributed by atoms with Crippen LogP contribution in [-0.4, -0.2) is 124 Å². The highest BCUT2D eigenvalue weighted by atomic mass is 35.5. The normalized spacial score (nSPS) is 15.4. The van der Waals surface area contributed by atoms with Crippen LogP contribution >= 0.6 is 57.9 Å². The van der Waals surface area contributed by atoms with Crippen LogP contribution in [0.1, 0.15) is 50.7 Å². The Balaban J connectivity index is 1.13. The molecule has 0 bridgehead atoms. The lowest BCUT2D eigenvalue weighted by molar-refractivity contribution is -0.178. The van der Waals surface area contributed by atoms with Gasteiger partial charge in [-0.15, -0.1) is 34.7 Å². The first-order valence-corrected chi connectivity index (χ1v) is 33.0. The van der Waals surface area contributed by atoms with Crippen molar-refractivity contribution in [3.05, 3.63) is 265 Å². The van der Waals surface area contributed by atoms with Gasteiger partial charge in [0.2, 0.25) is 0 Å². The fraction of sp³-hybridized carbons (Fsp3) is 0.239. The molecule has 3 heterocycles. The van der Waals surface area contributed by atoms with E-state index in [1.165, 1.54) is 43.4 Å². The average molecular weight is 1380 g/mol. The number of fused-ring (bicyclic) bond motifs is 1. The Hall–Kier alpha value is -8.58. The number of nitrogens with zero attached hydrogens (tertiary/aromatic N) is 3. The summed E-state index contributed by atoms with van der Waals surface area (Å²) in [5.41, 5.74) is -2.05. The van der Waals surface area contributed by atoms with E-state index >= 15 is 14.7 Å². The van der Waals surface area contributed by atoms with Crippen molar-refractivity contribution in [3.63, 3.8) is 0 Å². The number of anilines is 1. The van der Waals surface area contributed by atoms with E-state index in [4.69, 9.17) is 82.4 Å². The van der Waals surface area contributed by atoms with E-state index in [1.54, 1.807) is 97.1 Å². The van der Waals surface area contributed by atoms with Gasteiger partial charge in [0.25, 0.3) is 11.8 Å². The topological polar surface area (TPSA) is 224 Å². The number of allylic oxidation sites excluding steroid dienone is 2. The van der Waals surface area contributed by atoms with E-state index in [0.29, 0.717) is 28.0 Å². The Morgan fingerprint density at radius 2 is 1.28 bits per heavy atom. The van der Waals surface area contributed by atoms with Crippen LogP contribution < -0.4 is 24.8 Å². The smallest absolute Gasteiger partial charge is 0.370 e. The molecule has 7 aromatic carbocycles. The second kappa shape index (κ2) is 33.2. The predicted octanol–water partition coefficient (Wildman–Crippen LogP) is 12.5. The largest absolute Gasteiger partial charge is 0.497 e. The van der Waals surface area contributed by atoms with Gasteiger partial charge in [0.05, 0.1) is 43.6 Å². The second-order valence-electron chi connectivity index (χ2n) is 21.1. The number of ether oxygens (including phenoxy) is 9. The number of esters is 2. The Bertz CT molecular complexity index is 3870. The number of thiazole rings is 1. The molecule has 0 saturated carbocycles. The Morgan fingerprint density at radius 1 is 0.737 bits per heavy atom. The van der Waals surface area contributed by atoms with Crippen molar-refractivity contribution < 1.29 is 66.9 Å². The van der Waals surface area contributed by atoms with Crippen molar-refractivity contribution in [1.29, 1.82) is 0 Å². The minimum Gasteiger partial charge on any atom is -0.497 e. The summed E-state index contributed by atoms with van der Waals surface area (Å²) in [5, 5.41) is 23.4. The number of rotatable bonds is 32. The summed E-state index contributed by atoms with van der Waals surface area (Å²) < 4.78 is 51.2. The number of β-lactam (4-membered cyclic amide) rings is 1. The molecule has 491 valence electrons. The fourth-order valence-electron chi connectivity index (χ4n) is 10.5. The first kappa shape index (κ1) is 69.3. The lowest BCUT2D eigenvalue weighted by Crippen LogP contribution is -2.71. The molecule has 1 fully saturated rings. The molecule has 3 atom stereocenters. The zero-order chi connectivity index (χ0) is 66.7. The van der Waals surface area contributed by atoms with Crippen LogP contribution in [0.3, 0.4) is 0 Å². The van der Waals surface area contributed by atoms with Crippen LogP contribution in [0.4, 0.5) is 5.13 Å². The number of amides is 2. The van der Waals surface area contributed by atoms with Gasteiger partial charge in [0, 0.05) is 36.8 Å². The number of carbonyl (C=O) groups is 4. The molecule has 2 amide bonds. The van der Waals surface area contributed by atoms with E-state index in [1.807, 2.05) is 91.0 Å². The van der Waals surface area contributed by atoms with Crippen LogP contribution in [-0.2, 0) is 70.6 Å². The van der Waals surface area contributed by atoms with Gasteiger partial charge < -0.3 is 53.3 Å². The monoisotopic (exact) mass is 1380 g/mol. The quantitative estimate of drug-likeness (QED) is 0.00760. The maximum absolute atomic E-state index is 17.0. The molecule has 2 aliphatic heterocycles. The molecule has 0 spiro atoms. The van der Waals surface area contributed by atoms with Gasteiger partial charge in [-0.05, 0) is 57.2 Å². The minimum atomic E-state index is -3.64. The van der Waals surface area contributed by atoms with Crippen LogP contribution in [0.5, 0.6) is 17.2 Å². The summed E-state index contributed by atoms with van der Waals surface area (Å²) in [5.74, 6) is -3.95. The molecule has 0 aliphatic carbocycles. The van der Waals surface area contributed by atoms with Gasteiger partial charge in [-0.25, -0.2) is 19.6 Å². The predicted molar refractivity (Wildman–Crippen MR) is 362 cm³/mol. The Morgan fingerprint density at radius 3 is 1.82 bits per heavy atom. The van der Waals surface area contributed by atoms with E-state index in [0.717, 1.165) is 34.1 Å². The van der Waals surface area contributed by atoms with Crippen LogP contribution in [0.15, 0.2) is 216 Å². The molecule has 19 nitrogen and oxygen atoms in total. The zero-order valence-electron chi connectivity index (χ0n) is 51.7. The number of thioether (sulfide) groups is 1. The van der Waals surface area contributed by atoms with E-state index in [9.17, 15) is 9.59 Å². The van der Waals surface area contributed by atoms with Crippen LogP contribution in [0.25, 0.3) is 0 Å². The van der Waals surface area contributed by atoms with E-state index in [-0.39, 0.29) is 77.7 Å². The molecule has 2 aliphatic rings. The number of alkyl halides is 1. The van der Waals surface area contributed by atoms with Crippen molar-refractivity contribution in [1.82, 2.24) is 15.2 Å². The van der Waals surface area contributed by atoms with Crippen molar-refractivity contribution in [2.24, 2.45) is 4.99 Å². The third-order valence-corrected chi connectivity index (χ3v) is 18.1. The molecule has 2 N–H and O–H groups in total. The first-order valence-electron chi connectivity index (χ1n) is 29.8. The number of nitrogens with one attached hydrogen (secondary N) is 2. The summed E-state index contributed by atoms with van der Waals surface area (Å²) in [6, 6.07) is 53.0. The number of methoxy groups -OCH3 is 3. The number of benzene rings is 7. The maximum atomic E-state index is 17.0. The number of aromatic nitrogens is 1. The summed E-state index contributed by atoms with van der Waals surface area (Å²) >= 11 is 22.9. The van der Waals surface area contributed by atoms with Gasteiger partial charge in [-0.1, -0.05) is 199 Å². The highest BCUT2D eigenvalue weighted by Gasteiger charge is 2.55. The minimum absolute atomic E-state index is 0.0581. The van der Waals surface area contributed by atoms with Gasteiger partial charge >= 0.3 is 17.7 Å². The highest BCUT2D eigenvalue weighted by molar-refractivity contribution is 8.00. The maximum Gasteiger partial charge on any atom is 0.370 e. The number of hydrogen-bond acceptors (Lipinski definition) is 18. The Kier molecular flexibility index (Phi) is 24.2. The zero-order valence-corrected chi connectivity index (χ0v) is 55.6. The summed E-state index contributed by atoms with van der Waals surface area (Å²) in [6.07, 6.45) is 2.02.